The second-order valence-electron chi connectivity index (χ2n) is 4.72. The van der Waals surface area contributed by atoms with Gasteiger partial charge < -0.3 is 28.8 Å². The number of hydrogen-bond acceptors (Lipinski definition) is 9. The molecule has 0 amide bonds. The molecule has 1 aliphatic rings. The third kappa shape index (κ3) is 4.93. The number of carbonyl (C=O) groups excluding carboxylic acids is 3. The molecule has 9 nitrogen and oxygen atoms in total. The molecular weight excluding hydrogens is 300 g/mol. The Balaban J connectivity index is 2.94. The lowest BCUT2D eigenvalue weighted by atomic mass is 9.98. The summed E-state index contributed by atoms with van der Waals surface area (Å²) in [6, 6.07) is 0. The van der Waals surface area contributed by atoms with Gasteiger partial charge in [-0.3, -0.25) is 14.4 Å². The molecule has 1 aliphatic heterocycles. The highest BCUT2D eigenvalue weighted by Gasteiger charge is 2.49. The van der Waals surface area contributed by atoms with E-state index in [1.54, 1.807) is 0 Å². The van der Waals surface area contributed by atoms with E-state index < -0.39 is 48.6 Å². The minimum Gasteiger partial charge on any atom is -0.463 e. The van der Waals surface area contributed by atoms with Crippen LogP contribution in [0.5, 0.6) is 0 Å². The summed E-state index contributed by atoms with van der Waals surface area (Å²) in [4.78, 5) is 33.2. The van der Waals surface area contributed by atoms with Crippen LogP contribution in [0, 0.1) is 0 Å². The number of hydrogen-bond donors (Lipinski definition) is 1. The Bertz CT molecular complexity index is 420. The van der Waals surface area contributed by atoms with Crippen LogP contribution in [0.3, 0.4) is 0 Å². The van der Waals surface area contributed by atoms with Gasteiger partial charge in [-0.05, 0) is 0 Å². The molecule has 0 aromatic carbocycles. The van der Waals surface area contributed by atoms with Gasteiger partial charge in [0.25, 0.3) is 0 Å². The van der Waals surface area contributed by atoms with Crippen molar-refractivity contribution in [3.8, 4) is 0 Å². The highest BCUT2D eigenvalue weighted by molar-refractivity contribution is 5.67. The van der Waals surface area contributed by atoms with Crippen molar-refractivity contribution in [2.75, 3.05) is 13.7 Å². The Labute approximate surface area is 127 Å². The fourth-order valence-corrected chi connectivity index (χ4v) is 2.07. The van der Waals surface area contributed by atoms with Crippen LogP contribution < -0.4 is 0 Å². The third-order valence-corrected chi connectivity index (χ3v) is 2.90. The minimum absolute atomic E-state index is 0.253. The molecule has 9 heteroatoms. The molecule has 0 bridgehead atoms. The van der Waals surface area contributed by atoms with E-state index >= 15 is 0 Å². The van der Waals surface area contributed by atoms with E-state index in [4.69, 9.17) is 23.7 Å². The highest BCUT2D eigenvalue weighted by Crippen LogP contribution is 2.27. The first-order chi connectivity index (χ1) is 10.3. The second kappa shape index (κ2) is 8.06. The Hall–Kier alpha value is -1.71. The molecule has 0 spiro atoms. The predicted molar refractivity (Wildman–Crippen MR) is 69.4 cm³/mol. The van der Waals surface area contributed by atoms with Crippen LogP contribution in [0.2, 0.25) is 0 Å². The van der Waals surface area contributed by atoms with Gasteiger partial charge in [0.1, 0.15) is 18.8 Å². The van der Waals surface area contributed by atoms with Gasteiger partial charge in [0.2, 0.25) is 0 Å². The zero-order valence-corrected chi connectivity index (χ0v) is 12.8. The van der Waals surface area contributed by atoms with E-state index in [9.17, 15) is 19.5 Å². The van der Waals surface area contributed by atoms with Gasteiger partial charge in [-0.15, -0.1) is 0 Å². The SMILES string of the molecule is CO[C@@H]1O[C@H](COC(C)=O)[C@@H](OC(C)=O)[C@H](O)[C@@H]1OC(C)=O. The lowest BCUT2D eigenvalue weighted by Crippen LogP contribution is -2.61. The van der Waals surface area contributed by atoms with Gasteiger partial charge in [-0.2, -0.15) is 0 Å². The number of carbonyl (C=O) groups is 3. The molecule has 1 N–H and O–H groups in total. The summed E-state index contributed by atoms with van der Waals surface area (Å²) >= 11 is 0. The fraction of sp³-hybridized carbons (Fsp3) is 0.769. The summed E-state index contributed by atoms with van der Waals surface area (Å²) in [6.45, 7) is 3.26. The zero-order valence-electron chi connectivity index (χ0n) is 12.8. The van der Waals surface area contributed by atoms with Gasteiger partial charge in [-0.1, -0.05) is 0 Å². The van der Waals surface area contributed by atoms with E-state index in [0.29, 0.717) is 0 Å². The summed E-state index contributed by atoms with van der Waals surface area (Å²) in [6.07, 6.45) is -5.80. The summed E-state index contributed by atoms with van der Waals surface area (Å²) in [5.74, 6) is -1.89. The molecule has 126 valence electrons. The summed E-state index contributed by atoms with van der Waals surface area (Å²) in [5.41, 5.74) is 0. The van der Waals surface area contributed by atoms with Crippen LogP contribution >= 0.6 is 0 Å². The Morgan fingerprint density at radius 3 is 2.00 bits per heavy atom. The number of ether oxygens (including phenoxy) is 5. The maximum atomic E-state index is 11.2. The molecule has 22 heavy (non-hydrogen) atoms. The average molecular weight is 320 g/mol. The van der Waals surface area contributed by atoms with E-state index in [1.165, 1.54) is 14.0 Å². The Morgan fingerprint density at radius 2 is 1.55 bits per heavy atom. The van der Waals surface area contributed by atoms with Crippen LogP contribution in [-0.2, 0) is 38.1 Å². The molecule has 0 unspecified atom stereocenters. The van der Waals surface area contributed by atoms with Gasteiger partial charge >= 0.3 is 17.9 Å². The zero-order chi connectivity index (χ0) is 16.9. The van der Waals surface area contributed by atoms with Crippen LogP contribution in [0.25, 0.3) is 0 Å². The average Bonchev–Trinajstić information content (AvgIpc) is 2.41. The van der Waals surface area contributed by atoms with Crippen LogP contribution in [0.1, 0.15) is 20.8 Å². The van der Waals surface area contributed by atoms with E-state index in [-0.39, 0.29) is 6.61 Å². The van der Waals surface area contributed by atoms with Crippen molar-refractivity contribution in [1.82, 2.24) is 0 Å². The monoisotopic (exact) mass is 320 g/mol. The number of aliphatic hydroxyl groups is 1. The molecule has 1 heterocycles. The largest absolute Gasteiger partial charge is 0.463 e. The third-order valence-electron chi connectivity index (χ3n) is 2.90. The van der Waals surface area contributed by atoms with Crippen molar-refractivity contribution in [3.05, 3.63) is 0 Å². The molecule has 0 aliphatic carbocycles. The molecule has 0 saturated carbocycles. The predicted octanol–water partition coefficient (Wildman–Crippen LogP) is -0.855. The Kier molecular flexibility index (Phi) is 6.72. The summed E-state index contributed by atoms with van der Waals surface area (Å²) in [5, 5.41) is 10.3. The second-order valence-corrected chi connectivity index (χ2v) is 4.72. The van der Waals surface area contributed by atoms with Gasteiger partial charge in [0, 0.05) is 27.9 Å². The standard InChI is InChI=1S/C13H20O9/c1-6(14)19-5-9-11(20-7(2)15)10(17)12(21-8(3)16)13(18-4)22-9/h9-13,17H,5H2,1-4H3/t9-,10+,11-,12+,13-/m1/s1. The number of esters is 3. The molecule has 1 rings (SSSR count). The van der Waals surface area contributed by atoms with Crippen molar-refractivity contribution < 1.29 is 43.2 Å². The minimum atomic E-state index is -1.40. The molecule has 1 saturated heterocycles. The number of rotatable bonds is 5. The maximum absolute atomic E-state index is 11.2. The molecule has 0 aromatic rings. The molecule has 0 radical (unpaired) electrons. The van der Waals surface area contributed by atoms with E-state index in [0.717, 1.165) is 13.8 Å². The number of methoxy groups -OCH3 is 1. The quantitative estimate of drug-likeness (QED) is 0.510. The maximum Gasteiger partial charge on any atom is 0.303 e. The van der Waals surface area contributed by atoms with Crippen LogP contribution in [0.4, 0.5) is 0 Å². The van der Waals surface area contributed by atoms with Crippen molar-refractivity contribution in [2.45, 2.75) is 51.5 Å². The fourth-order valence-electron chi connectivity index (χ4n) is 2.07. The highest BCUT2D eigenvalue weighted by atomic mass is 16.7. The van der Waals surface area contributed by atoms with Crippen molar-refractivity contribution in [1.29, 1.82) is 0 Å². The summed E-state index contributed by atoms with van der Waals surface area (Å²) in [7, 11) is 1.29. The van der Waals surface area contributed by atoms with Crippen molar-refractivity contribution in [3.63, 3.8) is 0 Å². The first-order valence-corrected chi connectivity index (χ1v) is 6.60. The first kappa shape index (κ1) is 18.3. The van der Waals surface area contributed by atoms with Gasteiger partial charge in [0.05, 0.1) is 0 Å². The van der Waals surface area contributed by atoms with Crippen molar-refractivity contribution in [2.24, 2.45) is 0 Å². The van der Waals surface area contributed by atoms with Crippen LogP contribution in [-0.4, -0.2) is 67.4 Å². The van der Waals surface area contributed by atoms with E-state index in [1.807, 2.05) is 0 Å². The normalized spacial score (nSPS) is 31.2. The molecule has 5 atom stereocenters. The first-order valence-electron chi connectivity index (χ1n) is 6.60. The number of aliphatic hydroxyl groups excluding tert-OH is 1. The Morgan fingerprint density at radius 1 is 1.00 bits per heavy atom. The molecular formula is C13H20O9. The molecule has 1 fully saturated rings. The van der Waals surface area contributed by atoms with Crippen LogP contribution in [0.15, 0.2) is 0 Å². The van der Waals surface area contributed by atoms with Crippen molar-refractivity contribution >= 4 is 17.9 Å². The topological polar surface area (TPSA) is 118 Å². The van der Waals surface area contributed by atoms with E-state index in [2.05, 4.69) is 0 Å². The molecule has 0 aromatic heterocycles. The smallest absolute Gasteiger partial charge is 0.303 e. The lowest BCUT2D eigenvalue weighted by molar-refractivity contribution is -0.300. The lowest BCUT2D eigenvalue weighted by Gasteiger charge is -2.42. The van der Waals surface area contributed by atoms with Gasteiger partial charge in [0.15, 0.2) is 18.5 Å². The van der Waals surface area contributed by atoms with Gasteiger partial charge in [-0.25, -0.2) is 0 Å². The summed E-state index contributed by atoms with van der Waals surface area (Å²) < 4.78 is 25.3.